The highest BCUT2D eigenvalue weighted by Gasteiger charge is 2.15. The third-order valence-electron chi connectivity index (χ3n) is 3.45. The zero-order valence-electron chi connectivity index (χ0n) is 12.6. The molecule has 0 fully saturated rings. The van der Waals surface area contributed by atoms with Gasteiger partial charge in [-0.2, -0.15) is 0 Å². The SMILES string of the molecule is C=CCN(c1ncc(CNC)c2ccccc12)C(C)C. The number of pyridine rings is 1. The molecule has 106 valence electrons. The van der Waals surface area contributed by atoms with E-state index in [1.807, 2.05) is 19.3 Å². The summed E-state index contributed by atoms with van der Waals surface area (Å²) in [6.07, 6.45) is 3.91. The third-order valence-corrected chi connectivity index (χ3v) is 3.45. The summed E-state index contributed by atoms with van der Waals surface area (Å²) < 4.78 is 0. The van der Waals surface area contributed by atoms with Crippen LogP contribution in [0.25, 0.3) is 10.8 Å². The Labute approximate surface area is 121 Å². The van der Waals surface area contributed by atoms with E-state index in [-0.39, 0.29) is 0 Å². The molecule has 1 N–H and O–H groups in total. The predicted molar refractivity (Wildman–Crippen MR) is 87.2 cm³/mol. The van der Waals surface area contributed by atoms with Gasteiger partial charge in [0.25, 0.3) is 0 Å². The number of hydrogen-bond donors (Lipinski definition) is 1. The second-order valence-electron chi connectivity index (χ2n) is 5.22. The predicted octanol–water partition coefficient (Wildman–Crippen LogP) is 3.36. The van der Waals surface area contributed by atoms with Gasteiger partial charge in [-0.3, -0.25) is 0 Å². The van der Waals surface area contributed by atoms with Crippen molar-refractivity contribution < 1.29 is 0 Å². The monoisotopic (exact) mass is 269 g/mol. The number of rotatable bonds is 6. The molecule has 1 aromatic heterocycles. The van der Waals surface area contributed by atoms with Crippen molar-refractivity contribution in [2.24, 2.45) is 0 Å². The summed E-state index contributed by atoms with van der Waals surface area (Å²) in [7, 11) is 1.96. The molecule has 0 atom stereocenters. The van der Waals surface area contributed by atoms with Crippen molar-refractivity contribution in [2.45, 2.75) is 26.4 Å². The van der Waals surface area contributed by atoms with Gasteiger partial charge < -0.3 is 10.2 Å². The minimum absolute atomic E-state index is 0.388. The van der Waals surface area contributed by atoms with Crippen molar-refractivity contribution in [3.63, 3.8) is 0 Å². The largest absolute Gasteiger partial charge is 0.350 e. The molecule has 0 saturated heterocycles. The normalized spacial score (nSPS) is 11.0. The van der Waals surface area contributed by atoms with E-state index in [9.17, 15) is 0 Å². The van der Waals surface area contributed by atoms with E-state index in [1.165, 1.54) is 16.3 Å². The van der Waals surface area contributed by atoms with Crippen molar-refractivity contribution in [3.05, 3.63) is 48.7 Å². The average molecular weight is 269 g/mol. The minimum atomic E-state index is 0.388. The van der Waals surface area contributed by atoms with E-state index in [0.717, 1.165) is 18.9 Å². The summed E-state index contributed by atoms with van der Waals surface area (Å²) in [6, 6.07) is 8.86. The van der Waals surface area contributed by atoms with Crippen molar-refractivity contribution >= 4 is 16.6 Å². The molecule has 0 aliphatic carbocycles. The van der Waals surface area contributed by atoms with Gasteiger partial charge in [0.15, 0.2) is 0 Å². The van der Waals surface area contributed by atoms with Gasteiger partial charge in [0.2, 0.25) is 0 Å². The van der Waals surface area contributed by atoms with Crippen LogP contribution in [0.3, 0.4) is 0 Å². The van der Waals surface area contributed by atoms with Crippen LogP contribution in [0.15, 0.2) is 43.1 Å². The first-order valence-electron chi connectivity index (χ1n) is 7.07. The summed E-state index contributed by atoms with van der Waals surface area (Å²) in [5, 5.41) is 5.67. The molecular weight excluding hydrogens is 246 g/mol. The highest BCUT2D eigenvalue weighted by molar-refractivity contribution is 5.94. The summed E-state index contributed by atoms with van der Waals surface area (Å²) in [5.41, 5.74) is 1.23. The lowest BCUT2D eigenvalue weighted by Gasteiger charge is -2.28. The van der Waals surface area contributed by atoms with Crippen molar-refractivity contribution in [1.29, 1.82) is 0 Å². The summed E-state index contributed by atoms with van der Waals surface area (Å²) in [4.78, 5) is 6.98. The number of fused-ring (bicyclic) bond motifs is 1. The number of anilines is 1. The Bertz CT molecular complexity index is 590. The molecular formula is C17H23N3. The fourth-order valence-electron chi connectivity index (χ4n) is 2.48. The number of aromatic nitrogens is 1. The summed E-state index contributed by atoms with van der Waals surface area (Å²) in [6.45, 7) is 9.86. The first kappa shape index (κ1) is 14.5. The highest BCUT2D eigenvalue weighted by atomic mass is 15.2. The topological polar surface area (TPSA) is 28.2 Å². The van der Waals surface area contributed by atoms with E-state index in [1.54, 1.807) is 0 Å². The van der Waals surface area contributed by atoms with Crippen LogP contribution in [0.5, 0.6) is 0 Å². The van der Waals surface area contributed by atoms with Gasteiger partial charge in [0, 0.05) is 30.7 Å². The van der Waals surface area contributed by atoms with E-state index in [2.05, 4.69) is 54.9 Å². The molecule has 3 heteroatoms. The van der Waals surface area contributed by atoms with Crippen LogP contribution in [0.4, 0.5) is 5.82 Å². The zero-order chi connectivity index (χ0) is 14.5. The lowest BCUT2D eigenvalue weighted by molar-refractivity contribution is 0.714. The maximum atomic E-state index is 4.70. The molecule has 1 heterocycles. The van der Waals surface area contributed by atoms with E-state index in [0.29, 0.717) is 6.04 Å². The molecule has 0 unspecified atom stereocenters. The molecule has 20 heavy (non-hydrogen) atoms. The smallest absolute Gasteiger partial charge is 0.136 e. The lowest BCUT2D eigenvalue weighted by atomic mass is 10.1. The van der Waals surface area contributed by atoms with Gasteiger partial charge in [-0.05, 0) is 31.8 Å². The molecule has 0 bridgehead atoms. The maximum absolute atomic E-state index is 4.70. The van der Waals surface area contributed by atoms with Crippen molar-refractivity contribution in [3.8, 4) is 0 Å². The van der Waals surface area contributed by atoms with Gasteiger partial charge in [0.05, 0.1) is 0 Å². The van der Waals surface area contributed by atoms with Crippen molar-refractivity contribution in [1.82, 2.24) is 10.3 Å². The molecule has 0 aliphatic rings. The Hall–Kier alpha value is -1.87. The Morgan fingerprint density at radius 3 is 2.60 bits per heavy atom. The van der Waals surface area contributed by atoms with Crippen molar-refractivity contribution in [2.75, 3.05) is 18.5 Å². The Kier molecular flexibility index (Phi) is 4.74. The Morgan fingerprint density at radius 2 is 2.00 bits per heavy atom. The third kappa shape index (κ3) is 2.83. The van der Waals surface area contributed by atoms with Crippen LogP contribution in [-0.4, -0.2) is 24.6 Å². The molecule has 0 amide bonds. The first-order chi connectivity index (χ1) is 9.69. The number of benzene rings is 1. The summed E-state index contributed by atoms with van der Waals surface area (Å²) >= 11 is 0. The van der Waals surface area contributed by atoms with E-state index >= 15 is 0 Å². The second-order valence-corrected chi connectivity index (χ2v) is 5.22. The molecule has 0 radical (unpaired) electrons. The highest BCUT2D eigenvalue weighted by Crippen LogP contribution is 2.28. The summed E-state index contributed by atoms with van der Waals surface area (Å²) in [5.74, 6) is 1.04. The minimum Gasteiger partial charge on any atom is -0.350 e. The molecule has 2 rings (SSSR count). The van der Waals surface area contributed by atoms with Gasteiger partial charge >= 0.3 is 0 Å². The quantitative estimate of drug-likeness (QED) is 0.815. The van der Waals surface area contributed by atoms with Gasteiger partial charge in [-0.1, -0.05) is 30.3 Å². The van der Waals surface area contributed by atoms with Crippen LogP contribution < -0.4 is 10.2 Å². The fourth-order valence-corrected chi connectivity index (χ4v) is 2.48. The second kappa shape index (κ2) is 6.53. The molecule has 2 aromatic rings. The molecule has 0 saturated carbocycles. The van der Waals surface area contributed by atoms with Crippen LogP contribution >= 0.6 is 0 Å². The first-order valence-corrected chi connectivity index (χ1v) is 7.07. The Morgan fingerprint density at radius 1 is 1.30 bits per heavy atom. The van der Waals surface area contributed by atoms with Crippen LogP contribution in [-0.2, 0) is 6.54 Å². The van der Waals surface area contributed by atoms with Gasteiger partial charge in [-0.15, -0.1) is 6.58 Å². The van der Waals surface area contributed by atoms with E-state index in [4.69, 9.17) is 4.98 Å². The van der Waals surface area contributed by atoms with Crippen LogP contribution in [0, 0.1) is 0 Å². The van der Waals surface area contributed by atoms with Gasteiger partial charge in [0.1, 0.15) is 5.82 Å². The zero-order valence-corrected chi connectivity index (χ0v) is 12.6. The Balaban J connectivity index is 2.59. The van der Waals surface area contributed by atoms with Crippen LogP contribution in [0.2, 0.25) is 0 Å². The maximum Gasteiger partial charge on any atom is 0.136 e. The fraction of sp³-hybridized carbons (Fsp3) is 0.353. The number of nitrogens with one attached hydrogen (secondary N) is 1. The van der Waals surface area contributed by atoms with Crippen LogP contribution in [0.1, 0.15) is 19.4 Å². The lowest BCUT2D eigenvalue weighted by Crippen LogP contribution is -2.31. The molecule has 0 aliphatic heterocycles. The number of hydrogen-bond acceptors (Lipinski definition) is 3. The molecule has 3 nitrogen and oxygen atoms in total. The average Bonchev–Trinajstić information content (AvgIpc) is 2.46. The van der Waals surface area contributed by atoms with E-state index < -0.39 is 0 Å². The number of nitrogens with zero attached hydrogens (tertiary/aromatic N) is 2. The molecule has 0 spiro atoms. The standard InChI is InChI=1S/C17H23N3/c1-5-10-20(13(2)3)17-16-9-7-6-8-15(16)14(11-18-4)12-19-17/h5-9,12-13,18H,1,10-11H2,2-4H3. The van der Waals surface area contributed by atoms with Gasteiger partial charge in [-0.25, -0.2) is 4.98 Å². The molecule has 1 aromatic carbocycles.